The summed E-state index contributed by atoms with van der Waals surface area (Å²) in [6.45, 7) is 0.360. The normalized spacial score (nSPS) is 10.6. The number of hydrogen-bond donors (Lipinski definition) is 3. The number of aliphatic hydroxyl groups is 1. The van der Waals surface area contributed by atoms with Crippen molar-refractivity contribution >= 4 is 17.6 Å². The molecule has 9 heteroatoms. The molecule has 0 spiro atoms. The second-order valence-corrected chi connectivity index (χ2v) is 5.55. The number of amides is 1. The fourth-order valence-corrected chi connectivity index (χ4v) is 2.21. The molecular weight excluding hydrogens is 358 g/mol. The minimum Gasteiger partial charge on any atom is -0.423 e. The van der Waals surface area contributed by atoms with Gasteiger partial charge in [-0.1, -0.05) is 0 Å². The van der Waals surface area contributed by atoms with Gasteiger partial charge < -0.3 is 20.2 Å². The Morgan fingerprint density at radius 3 is 2.67 bits per heavy atom. The lowest BCUT2D eigenvalue weighted by Crippen LogP contribution is -2.25. The van der Waals surface area contributed by atoms with E-state index in [4.69, 9.17) is 9.52 Å². The molecular formula is C18H16F2N4O3. The van der Waals surface area contributed by atoms with Crippen LogP contribution < -0.4 is 10.6 Å². The van der Waals surface area contributed by atoms with Crippen molar-refractivity contribution in [2.45, 2.75) is 6.42 Å². The molecule has 1 amide bonds. The Morgan fingerprint density at radius 2 is 1.96 bits per heavy atom. The van der Waals surface area contributed by atoms with Gasteiger partial charge in [0.05, 0.1) is 18.1 Å². The topological polar surface area (TPSA) is 100 Å². The average Bonchev–Trinajstić information content (AvgIpc) is 3.13. The maximum absolute atomic E-state index is 13.3. The summed E-state index contributed by atoms with van der Waals surface area (Å²) >= 11 is 0. The quantitative estimate of drug-likeness (QED) is 0.550. The molecule has 0 aliphatic heterocycles. The summed E-state index contributed by atoms with van der Waals surface area (Å²) in [5, 5.41) is 14.2. The lowest BCUT2D eigenvalue weighted by Gasteiger charge is -2.05. The van der Waals surface area contributed by atoms with Crippen LogP contribution in [0.15, 0.2) is 47.1 Å². The van der Waals surface area contributed by atoms with Crippen molar-refractivity contribution in [1.29, 1.82) is 0 Å². The van der Waals surface area contributed by atoms with Crippen LogP contribution in [0.2, 0.25) is 0 Å². The van der Waals surface area contributed by atoms with Crippen molar-refractivity contribution in [2.24, 2.45) is 0 Å². The zero-order valence-corrected chi connectivity index (χ0v) is 14.1. The van der Waals surface area contributed by atoms with E-state index in [-0.39, 0.29) is 30.0 Å². The second-order valence-electron chi connectivity index (χ2n) is 5.55. The van der Waals surface area contributed by atoms with Crippen LogP contribution in [0.4, 0.5) is 20.5 Å². The van der Waals surface area contributed by atoms with Crippen molar-refractivity contribution in [3.8, 4) is 11.3 Å². The van der Waals surface area contributed by atoms with E-state index in [0.29, 0.717) is 24.2 Å². The van der Waals surface area contributed by atoms with Gasteiger partial charge in [-0.15, -0.1) is 0 Å². The molecule has 2 heterocycles. The number of carbonyl (C=O) groups excluding carboxylic acids is 1. The van der Waals surface area contributed by atoms with Crippen molar-refractivity contribution in [1.82, 2.24) is 15.3 Å². The van der Waals surface area contributed by atoms with Crippen LogP contribution in [0.5, 0.6) is 0 Å². The number of anilines is 2. The molecule has 3 N–H and O–H groups in total. The number of pyridine rings is 1. The smallest absolute Gasteiger partial charge is 0.299 e. The molecule has 0 aliphatic carbocycles. The molecule has 0 saturated heterocycles. The third kappa shape index (κ3) is 4.64. The summed E-state index contributed by atoms with van der Waals surface area (Å²) in [6, 6.07) is 6.69. The number of nitrogens with zero attached hydrogens (tertiary/aromatic N) is 2. The SMILES string of the molecule is O=C(NCCCO)c1ccc(Nc2ncc(-c3ccc(F)c(F)c3)o2)cn1. The molecule has 0 fully saturated rings. The zero-order chi connectivity index (χ0) is 19.2. The molecule has 0 saturated carbocycles. The predicted molar refractivity (Wildman–Crippen MR) is 93.4 cm³/mol. The monoisotopic (exact) mass is 374 g/mol. The van der Waals surface area contributed by atoms with E-state index in [0.717, 1.165) is 12.1 Å². The Bertz CT molecular complexity index is 929. The Labute approximate surface area is 153 Å². The highest BCUT2D eigenvalue weighted by molar-refractivity contribution is 5.92. The van der Waals surface area contributed by atoms with Gasteiger partial charge in [0.15, 0.2) is 17.4 Å². The third-order valence-corrected chi connectivity index (χ3v) is 3.58. The number of aromatic nitrogens is 2. The summed E-state index contributed by atoms with van der Waals surface area (Å²) in [6.07, 6.45) is 3.28. The van der Waals surface area contributed by atoms with E-state index in [1.54, 1.807) is 6.07 Å². The van der Waals surface area contributed by atoms with E-state index in [1.165, 1.54) is 24.5 Å². The van der Waals surface area contributed by atoms with E-state index >= 15 is 0 Å². The Morgan fingerprint density at radius 1 is 1.11 bits per heavy atom. The Hall–Kier alpha value is -3.33. The first-order valence-electron chi connectivity index (χ1n) is 8.10. The first-order valence-corrected chi connectivity index (χ1v) is 8.10. The summed E-state index contributed by atoms with van der Waals surface area (Å²) in [7, 11) is 0. The van der Waals surface area contributed by atoms with Gasteiger partial charge >= 0.3 is 0 Å². The van der Waals surface area contributed by atoms with Crippen molar-refractivity contribution < 1.29 is 23.1 Å². The molecule has 27 heavy (non-hydrogen) atoms. The van der Waals surface area contributed by atoms with Gasteiger partial charge in [-0.05, 0) is 36.8 Å². The standard InChI is InChI=1S/C18H16F2N4O3/c19-13-4-2-11(8-14(13)20)16-10-23-18(27-16)24-12-3-5-15(22-9-12)17(26)21-6-1-7-25/h2-5,8-10,25H,1,6-7H2,(H,21,26)(H,23,24). The number of aliphatic hydroxyl groups excluding tert-OH is 1. The molecule has 140 valence electrons. The Kier molecular flexibility index (Phi) is 5.72. The maximum atomic E-state index is 13.3. The predicted octanol–water partition coefficient (Wildman–Crippen LogP) is 2.87. The number of oxazole rings is 1. The maximum Gasteiger partial charge on any atom is 0.299 e. The van der Waals surface area contributed by atoms with Crippen molar-refractivity contribution in [3.05, 3.63) is 60.1 Å². The molecule has 0 atom stereocenters. The van der Waals surface area contributed by atoms with E-state index < -0.39 is 11.6 Å². The molecule has 0 bridgehead atoms. The van der Waals surface area contributed by atoms with Gasteiger partial charge in [-0.25, -0.2) is 18.7 Å². The van der Waals surface area contributed by atoms with Crippen LogP contribution in [-0.2, 0) is 0 Å². The van der Waals surface area contributed by atoms with Crippen LogP contribution in [0, 0.1) is 11.6 Å². The highest BCUT2D eigenvalue weighted by Crippen LogP contribution is 2.25. The number of rotatable bonds is 7. The summed E-state index contributed by atoms with van der Waals surface area (Å²) < 4.78 is 31.8. The summed E-state index contributed by atoms with van der Waals surface area (Å²) in [5.74, 6) is -1.99. The van der Waals surface area contributed by atoms with E-state index in [1.807, 2.05) is 0 Å². The van der Waals surface area contributed by atoms with Crippen molar-refractivity contribution in [2.75, 3.05) is 18.5 Å². The zero-order valence-electron chi connectivity index (χ0n) is 14.1. The number of nitrogens with one attached hydrogen (secondary N) is 2. The van der Waals surface area contributed by atoms with E-state index in [2.05, 4.69) is 20.6 Å². The van der Waals surface area contributed by atoms with Gasteiger partial charge in [0.2, 0.25) is 0 Å². The minimum atomic E-state index is -0.976. The fourth-order valence-electron chi connectivity index (χ4n) is 2.21. The van der Waals surface area contributed by atoms with E-state index in [9.17, 15) is 13.6 Å². The minimum absolute atomic E-state index is 0.000729. The lowest BCUT2D eigenvalue weighted by atomic mass is 10.2. The fraction of sp³-hybridized carbons (Fsp3) is 0.167. The first kappa shape index (κ1) is 18.5. The molecule has 7 nitrogen and oxygen atoms in total. The number of carbonyl (C=O) groups is 1. The molecule has 1 aromatic carbocycles. The van der Waals surface area contributed by atoms with Crippen molar-refractivity contribution in [3.63, 3.8) is 0 Å². The Balaban J connectivity index is 1.65. The highest BCUT2D eigenvalue weighted by atomic mass is 19.2. The van der Waals surface area contributed by atoms with Crippen LogP contribution in [0.3, 0.4) is 0 Å². The van der Waals surface area contributed by atoms with Gasteiger partial charge in [0.1, 0.15) is 5.69 Å². The average molecular weight is 374 g/mol. The molecule has 0 radical (unpaired) electrons. The number of hydrogen-bond acceptors (Lipinski definition) is 6. The first-order chi connectivity index (χ1) is 13.1. The van der Waals surface area contributed by atoms with Gasteiger partial charge in [0, 0.05) is 18.7 Å². The van der Waals surface area contributed by atoms with Gasteiger partial charge in [-0.3, -0.25) is 4.79 Å². The molecule has 3 rings (SSSR count). The third-order valence-electron chi connectivity index (χ3n) is 3.58. The van der Waals surface area contributed by atoms with Gasteiger partial charge in [0.25, 0.3) is 11.9 Å². The molecule has 0 unspecified atom stereocenters. The largest absolute Gasteiger partial charge is 0.423 e. The second kappa shape index (κ2) is 8.37. The molecule has 2 aromatic heterocycles. The molecule has 3 aromatic rings. The molecule has 0 aliphatic rings. The summed E-state index contributed by atoms with van der Waals surface area (Å²) in [5.41, 5.74) is 1.11. The highest BCUT2D eigenvalue weighted by Gasteiger charge is 2.11. The number of halogens is 2. The lowest BCUT2D eigenvalue weighted by molar-refractivity contribution is 0.0946. The van der Waals surface area contributed by atoms with Crippen LogP contribution in [0.1, 0.15) is 16.9 Å². The van der Waals surface area contributed by atoms with Gasteiger partial charge in [-0.2, -0.15) is 0 Å². The van der Waals surface area contributed by atoms with Crippen LogP contribution >= 0.6 is 0 Å². The number of benzene rings is 1. The van der Waals surface area contributed by atoms with Crippen LogP contribution in [0.25, 0.3) is 11.3 Å². The summed E-state index contributed by atoms with van der Waals surface area (Å²) in [4.78, 5) is 19.9. The van der Waals surface area contributed by atoms with Crippen LogP contribution in [-0.4, -0.2) is 34.1 Å².